The molecular weight excluding hydrogens is 250 g/mol. The van der Waals surface area contributed by atoms with E-state index >= 15 is 0 Å². The molecule has 17 heavy (non-hydrogen) atoms. The van der Waals surface area contributed by atoms with Gasteiger partial charge in [-0.05, 0) is 19.1 Å². The maximum absolute atomic E-state index is 13.3. The molecule has 3 nitrogen and oxygen atoms in total. The average Bonchev–Trinajstić information content (AvgIpc) is 2.72. The molecule has 2 rings (SSSR count). The third-order valence-electron chi connectivity index (χ3n) is 2.23. The Bertz CT molecular complexity index is 508. The van der Waals surface area contributed by atoms with Gasteiger partial charge in [0, 0.05) is 5.56 Å². The fraction of sp³-hybridized carbons (Fsp3) is 0.273. The van der Waals surface area contributed by atoms with Crippen LogP contribution >= 0.6 is 11.6 Å². The van der Waals surface area contributed by atoms with Gasteiger partial charge < -0.3 is 4.52 Å². The van der Waals surface area contributed by atoms with Crippen LogP contribution in [0.4, 0.5) is 8.78 Å². The lowest BCUT2D eigenvalue weighted by atomic mass is 10.1. The Morgan fingerprint density at radius 3 is 2.53 bits per heavy atom. The second kappa shape index (κ2) is 4.79. The van der Waals surface area contributed by atoms with Gasteiger partial charge in [-0.15, -0.1) is 11.6 Å². The third kappa shape index (κ3) is 2.61. The SMILES string of the molecule is CC(Cl)c1noc(Cc2c(F)cccc2F)n1. The molecule has 0 aliphatic heterocycles. The summed E-state index contributed by atoms with van der Waals surface area (Å²) >= 11 is 5.75. The average molecular weight is 259 g/mol. The number of aromatic nitrogens is 2. The van der Waals surface area contributed by atoms with Crippen LogP contribution in [0.3, 0.4) is 0 Å². The minimum Gasteiger partial charge on any atom is -0.339 e. The lowest BCUT2D eigenvalue weighted by Gasteiger charge is -2.00. The van der Waals surface area contributed by atoms with Crippen LogP contribution in [-0.2, 0) is 6.42 Å². The van der Waals surface area contributed by atoms with E-state index in [1.165, 1.54) is 18.2 Å². The molecular formula is C11H9ClF2N2O. The Kier molecular flexibility index (Phi) is 3.38. The van der Waals surface area contributed by atoms with Gasteiger partial charge in [-0.1, -0.05) is 11.2 Å². The predicted molar refractivity (Wildman–Crippen MR) is 57.7 cm³/mol. The van der Waals surface area contributed by atoms with Crippen molar-refractivity contribution in [2.45, 2.75) is 18.7 Å². The number of hydrogen-bond acceptors (Lipinski definition) is 3. The van der Waals surface area contributed by atoms with Crippen molar-refractivity contribution in [1.29, 1.82) is 0 Å². The summed E-state index contributed by atoms with van der Waals surface area (Å²) in [5.41, 5.74) is -0.0927. The Morgan fingerprint density at radius 1 is 1.35 bits per heavy atom. The van der Waals surface area contributed by atoms with E-state index in [-0.39, 0.29) is 17.9 Å². The van der Waals surface area contributed by atoms with Gasteiger partial charge in [0.1, 0.15) is 11.6 Å². The van der Waals surface area contributed by atoms with E-state index in [0.29, 0.717) is 5.82 Å². The zero-order valence-corrected chi connectivity index (χ0v) is 9.71. The summed E-state index contributed by atoms with van der Waals surface area (Å²) in [5, 5.41) is 3.20. The fourth-order valence-corrected chi connectivity index (χ4v) is 1.44. The zero-order valence-electron chi connectivity index (χ0n) is 8.95. The summed E-state index contributed by atoms with van der Waals surface area (Å²) in [7, 11) is 0. The molecule has 0 amide bonds. The smallest absolute Gasteiger partial charge is 0.231 e. The Balaban J connectivity index is 2.25. The molecule has 0 aliphatic rings. The second-order valence-corrected chi connectivity index (χ2v) is 4.19. The number of alkyl halides is 1. The van der Waals surface area contributed by atoms with Crippen LogP contribution in [0.25, 0.3) is 0 Å². The van der Waals surface area contributed by atoms with Gasteiger partial charge in [0.05, 0.1) is 11.8 Å². The number of rotatable bonds is 3. The fourth-order valence-electron chi connectivity index (χ4n) is 1.35. The molecule has 1 unspecified atom stereocenters. The summed E-state index contributed by atoms with van der Waals surface area (Å²) in [5.74, 6) is -0.831. The molecule has 0 saturated carbocycles. The van der Waals surface area contributed by atoms with E-state index in [9.17, 15) is 8.78 Å². The highest BCUT2D eigenvalue weighted by Crippen LogP contribution is 2.19. The van der Waals surface area contributed by atoms with Crippen LogP contribution in [-0.4, -0.2) is 10.1 Å². The minimum atomic E-state index is -0.635. The highest BCUT2D eigenvalue weighted by atomic mass is 35.5. The summed E-state index contributed by atoms with van der Waals surface area (Å²) in [4.78, 5) is 3.94. The first-order valence-corrected chi connectivity index (χ1v) is 5.41. The lowest BCUT2D eigenvalue weighted by Crippen LogP contribution is -1.97. The van der Waals surface area contributed by atoms with E-state index in [1.807, 2.05) is 0 Å². The van der Waals surface area contributed by atoms with Crippen molar-refractivity contribution in [1.82, 2.24) is 10.1 Å². The van der Waals surface area contributed by atoms with Gasteiger partial charge in [-0.2, -0.15) is 4.98 Å². The van der Waals surface area contributed by atoms with Gasteiger partial charge in [0.25, 0.3) is 0 Å². The molecule has 0 fully saturated rings. The van der Waals surface area contributed by atoms with Crippen LogP contribution in [0.15, 0.2) is 22.7 Å². The van der Waals surface area contributed by atoms with Gasteiger partial charge in [-0.3, -0.25) is 0 Å². The molecule has 0 bridgehead atoms. The standard InChI is InChI=1S/C11H9ClF2N2O/c1-6(12)11-15-10(17-16-11)5-7-8(13)3-2-4-9(7)14/h2-4,6H,5H2,1H3. The van der Waals surface area contributed by atoms with E-state index in [0.717, 1.165) is 0 Å². The van der Waals surface area contributed by atoms with E-state index in [2.05, 4.69) is 10.1 Å². The molecule has 2 aromatic rings. The number of hydrogen-bond donors (Lipinski definition) is 0. The van der Waals surface area contributed by atoms with Crippen LogP contribution in [0, 0.1) is 11.6 Å². The van der Waals surface area contributed by atoms with Crippen LogP contribution in [0.5, 0.6) is 0 Å². The van der Waals surface area contributed by atoms with Crippen molar-refractivity contribution in [3.63, 3.8) is 0 Å². The van der Waals surface area contributed by atoms with Gasteiger partial charge in [-0.25, -0.2) is 8.78 Å². The Morgan fingerprint density at radius 2 is 2.00 bits per heavy atom. The largest absolute Gasteiger partial charge is 0.339 e. The third-order valence-corrected chi connectivity index (χ3v) is 2.42. The van der Waals surface area contributed by atoms with Gasteiger partial charge >= 0.3 is 0 Å². The molecule has 1 heterocycles. The number of halogens is 3. The highest BCUT2D eigenvalue weighted by molar-refractivity contribution is 6.20. The van der Waals surface area contributed by atoms with E-state index < -0.39 is 17.0 Å². The van der Waals surface area contributed by atoms with Crippen molar-refractivity contribution >= 4 is 11.6 Å². The maximum Gasteiger partial charge on any atom is 0.231 e. The predicted octanol–water partition coefficient (Wildman–Crippen LogP) is 3.24. The molecule has 0 N–H and O–H groups in total. The van der Waals surface area contributed by atoms with E-state index in [4.69, 9.17) is 16.1 Å². The first-order valence-electron chi connectivity index (χ1n) is 4.97. The normalized spacial score (nSPS) is 12.7. The maximum atomic E-state index is 13.3. The molecule has 0 spiro atoms. The molecule has 0 saturated heterocycles. The summed E-state index contributed by atoms with van der Waals surface area (Å²) in [6.45, 7) is 1.68. The molecule has 0 radical (unpaired) electrons. The van der Waals surface area contributed by atoms with Crippen molar-refractivity contribution in [3.8, 4) is 0 Å². The summed E-state index contributed by atoms with van der Waals surface area (Å²) < 4.78 is 31.6. The molecule has 1 aromatic carbocycles. The highest BCUT2D eigenvalue weighted by Gasteiger charge is 2.15. The molecule has 6 heteroatoms. The Labute approximate surface area is 101 Å². The zero-order chi connectivity index (χ0) is 12.4. The first kappa shape index (κ1) is 12.0. The van der Waals surface area contributed by atoms with Gasteiger partial charge in [0.2, 0.25) is 5.89 Å². The second-order valence-electron chi connectivity index (χ2n) is 3.54. The Hall–Kier alpha value is -1.49. The van der Waals surface area contributed by atoms with Crippen LogP contribution in [0.1, 0.15) is 29.6 Å². The van der Waals surface area contributed by atoms with Crippen LogP contribution in [0.2, 0.25) is 0 Å². The topological polar surface area (TPSA) is 38.9 Å². The monoisotopic (exact) mass is 258 g/mol. The van der Waals surface area contributed by atoms with Crippen molar-refractivity contribution in [2.24, 2.45) is 0 Å². The minimum absolute atomic E-state index is 0.0882. The molecule has 1 aromatic heterocycles. The molecule has 0 aliphatic carbocycles. The molecule has 90 valence electrons. The summed E-state index contributed by atoms with van der Waals surface area (Å²) in [6, 6.07) is 3.66. The van der Waals surface area contributed by atoms with Crippen molar-refractivity contribution in [2.75, 3.05) is 0 Å². The van der Waals surface area contributed by atoms with Crippen molar-refractivity contribution < 1.29 is 13.3 Å². The quantitative estimate of drug-likeness (QED) is 0.794. The number of benzene rings is 1. The van der Waals surface area contributed by atoms with E-state index in [1.54, 1.807) is 6.92 Å². The van der Waals surface area contributed by atoms with Gasteiger partial charge in [0.15, 0.2) is 5.82 Å². The van der Waals surface area contributed by atoms with Crippen molar-refractivity contribution in [3.05, 3.63) is 47.1 Å². The first-order chi connectivity index (χ1) is 8.08. The van der Waals surface area contributed by atoms with Crippen LogP contribution < -0.4 is 0 Å². The lowest BCUT2D eigenvalue weighted by molar-refractivity contribution is 0.376. The summed E-state index contributed by atoms with van der Waals surface area (Å²) in [6.07, 6.45) is -0.0882. The number of nitrogens with zero attached hydrogens (tertiary/aromatic N) is 2. The molecule has 1 atom stereocenters.